The van der Waals surface area contributed by atoms with Crippen molar-refractivity contribution < 1.29 is 22.7 Å². The Morgan fingerprint density at radius 2 is 1.92 bits per heavy atom. The van der Waals surface area contributed by atoms with E-state index in [9.17, 15) is 18.0 Å². The van der Waals surface area contributed by atoms with Crippen LogP contribution in [0.2, 0.25) is 5.02 Å². The van der Waals surface area contributed by atoms with Gasteiger partial charge in [-0.2, -0.15) is 0 Å². The third-order valence-corrected chi connectivity index (χ3v) is 8.84. The van der Waals surface area contributed by atoms with Crippen LogP contribution in [0.1, 0.15) is 21.5 Å². The van der Waals surface area contributed by atoms with E-state index in [4.69, 9.17) is 16.3 Å². The molecular formula is C26H28AsClF3N5O2. The summed E-state index contributed by atoms with van der Waals surface area (Å²) < 4.78 is 45.9. The molecule has 1 aromatic heterocycles. The van der Waals surface area contributed by atoms with E-state index in [0.29, 0.717) is 52.6 Å². The number of nitrogens with one attached hydrogen (secondary N) is 2. The molecule has 2 N–H and O–H groups in total. The van der Waals surface area contributed by atoms with Gasteiger partial charge in [0.05, 0.1) is 0 Å². The van der Waals surface area contributed by atoms with Gasteiger partial charge in [-0.1, -0.05) is 0 Å². The van der Waals surface area contributed by atoms with Gasteiger partial charge in [0.2, 0.25) is 0 Å². The number of ether oxygens (including phenoxy) is 1. The molecule has 3 aromatic rings. The Labute approximate surface area is 230 Å². The van der Waals surface area contributed by atoms with E-state index >= 15 is 0 Å². The van der Waals surface area contributed by atoms with Crippen LogP contribution in [0, 0.1) is 0 Å². The normalized spacial score (nSPS) is 15.2. The summed E-state index contributed by atoms with van der Waals surface area (Å²) in [6.45, 7) is 0.903. The molecule has 7 nitrogen and oxygen atoms in total. The molecule has 1 aliphatic heterocycles. The number of rotatable bonds is 8. The fraction of sp³-hybridized carbons (Fsp3) is 0.346. The number of methoxy groups -OCH3 is 1. The van der Waals surface area contributed by atoms with Gasteiger partial charge in [-0.25, -0.2) is 0 Å². The Morgan fingerprint density at radius 3 is 2.63 bits per heavy atom. The average molecular weight is 610 g/mol. The summed E-state index contributed by atoms with van der Waals surface area (Å²) in [6.07, 6.45) is -3.29. The zero-order valence-corrected chi connectivity index (χ0v) is 23.8. The molecule has 0 aliphatic carbocycles. The monoisotopic (exact) mass is 609 g/mol. The fourth-order valence-electron chi connectivity index (χ4n) is 4.27. The van der Waals surface area contributed by atoms with Crippen molar-refractivity contribution in [3.63, 3.8) is 0 Å². The predicted octanol–water partition coefficient (Wildman–Crippen LogP) is 2.60. The van der Waals surface area contributed by atoms with E-state index < -0.39 is 28.0 Å². The van der Waals surface area contributed by atoms with E-state index in [1.54, 1.807) is 31.4 Å². The average Bonchev–Trinajstić information content (AvgIpc) is 3.10. The summed E-state index contributed by atoms with van der Waals surface area (Å²) in [7, 11) is 2.67. The van der Waals surface area contributed by atoms with Gasteiger partial charge in [0.25, 0.3) is 0 Å². The van der Waals surface area contributed by atoms with Gasteiger partial charge in [-0.05, 0) is 0 Å². The van der Waals surface area contributed by atoms with Crippen LogP contribution in [-0.4, -0.2) is 82.6 Å². The van der Waals surface area contributed by atoms with E-state index in [2.05, 4.69) is 32.7 Å². The number of hydrogen-bond acceptors (Lipinski definition) is 6. The molecule has 1 aliphatic rings. The summed E-state index contributed by atoms with van der Waals surface area (Å²) in [5, 5.41) is 6.11. The molecule has 0 saturated heterocycles. The molecule has 0 bridgehead atoms. The SMILES string of the molecule is CNC(=O)c1ccccc1Nc1nc([AsH]c2ccc3c(c2)CCN(CC(OC)C(F)(F)F)CC3)ncc1Cl. The van der Waals surface area contributed by atoms with Gasteiger partial charge in [-0.15, -0.1) is 0 Å². The van der Waals surface area contributed by atoms with Gasteiger partial charge < -0.3 is 0 Å². The Kier molecular flexibility index (Phi) is 9.31. The van der Waals surface area contributed by atoms with Crippen LogP contribution in [0.25, 0.3) is 0 Å². The number of anilines is 2. The van der Waals surface area contributed by atoms with E-state index in [1.807, 2.05) is 17.0 Å². The van der Waals surface area contributed by atoms with E-state index in [-0.39, 0.29) is 12.5 Å². The Balaban J connectivity index is 1.47. The molecule has 0 radical (unpaired) electrons. The van der Waals surface area contributed by atoms with Crippen molar-refractivity contribution in [3.05, 3.63) is 70.4 Å². The number of halogens is 4. The minimum atomic E-state index is -4.39. The van der Waals surface area contributed by atoms with Gasteiger partial charge in [0.1, 0.15) is 0 Å². The first kappa shape index (κ1) is 28.4. The van der Waals surface area contributed by atoms with Crippen LogP contribution in [0.4, 0.5) is 24.7 Å². The van der Waals surface area contributed by atoms with Crippen LogP contribution in [0.15, 0.2) is 48.7 Å². The molecule has 38 heavy (non-hydrogen) atoms. The molecule has 0 fully saturated rings. The number of hydrogen-bond donors (Lipinski definition) is 2. The number of nitrogens with zero attached hydrogens (tertiary/aromatic N) is 3. The fourth-order valence-corrected chi connectivity index (χ4v) is 6.44. The molecule has 1 amide bonds. The number of carbonyl (C=O) groups is 1. The summed E-state index contributed by atoms with van der Waals surface area (Å²) in [6, 6.07) is 13.3. The van der Waals surface area contributed by atoms with Crippen molar-refractivity contribution in [2.75, 3.05) is 39.1 Å². The van der Waals surface area contributed by atoms with Crippen molar-refractivity contribution in [1.82, 2.24) is 20.2 Å². The maximum absolute atomic E-state index is 13.2. The first-order valence-corrected chi connectivity index (χ1v) is 14.5. The second-order valence-electron chi connectivity index (χ2n) is 8.81. The zero-order valence-electron chi connectivity index (χ0n) is 20.9. The predicted molar refractivity (Wildman–Crippen MR) is 144 cm³/mol. The first-order valence-electron chi connectivity index (χ1n) is 12.0. The zero-order chi connectivity index (χ0) is 27.3. The van der Waals surface area contributed by atoms with Crippen LogP contribution in [0.5, 0.6) is 0 Å². The number of alkyl halides is 3. The third kappa shape index (κ3) is 7.05. The molecular weight excluding hydrogens is 582 g/mol. The van der Waals surface area contributed by atoms with Gasteiger partial charge in [0, 0.05) is 0 Å². The molecule has 202 valence electrons. The number of fused-ring (bicyclic) bond motifs is 1. The molecule has 4 rings (SSSR count). The molecule has 0 spiro atoms. The molecule has 2 atom stereocenters. The Hall–Kier alpha value is -2.65. The number of para-hydroxylation sites is 1. The van der Waals surface area contributed by atoms with Crippen LogP contribution in [0.3, 0.4) is 0 Å². The summed E-state index contributed by atoms with van der Waals surface area (Å²) in [4.78, 5) is 23.1. The van der Waals surface area contributed by atoms with Gasteiger partial charge in [-0.3, -0.25) is 0 Å². The summed E-state index contributed by atoms with van der Waals surface area (Å²) >= 11 is 5.44. The molecule has 2 heterocycles. The maximum atomic E-state index is 13.2. The van der Waals surface area contributed by atoms with Gasteiger partial charge >= 0.3 is 231 Å². The van der Waals surface area contributed by atoms with Crippen molar-refractivity contribution in [2.45, 2.75) is 25.1 Å². The first-order chi connectivity index (χ1) is 18.2. The minimum absolute atomic E-state index is 0.174. The Bertz CT molecular complexity index is 1290. The summed E-state index contributed by atoms with van der Waals surface area (Å²) in [5.41, 5.74) is 3.33. The van der Waals surface area contributed by atoms with Crippen molar-refractivity contribution >= 4 is 53.7 Å². The molecule has 2 aromatic carbocycles. The molecule has 0 saturated carbocycles. The number of carbonyl (C=O) groups excluding carboxylic acids is 1. The van der Waals surface area contributed by atoms with Crippen molar-refractivity contribution in [1.29, 1.82) is 0 Å². The second kappa shape index (κ2) is 12.5. The van der Waals surface area contributed by atoms with E-state index in [1.165, 1.54) is 0 Å². The topological polar surface area (TPSA) is 79.4 Å². The quantitative estimate of drug-likeness (QED) is 0.383. The van der Waals surface area contributed by atoms with Gasteiger partial charge in [0.15, 0.2) is 0 Å². The van der Waals surface area contributed by atoms with Crippen LogP contribution < -0.4 is 19.6 Å². The van der Waals surface area contributed by atoms with Crippen molar-refractivity contribution in [3.8, 4) is 0 Å². The van der Waals surface area contributed by atoms with Crippen LogP contribution >= 0.6 is 11.6 Å². The Morgan fingerprint density at radius 1 is 1.18 bits per heavy atom. The third-order valence-electron chi connectivity index (χ3n) is 6.33. The number of aromatic nitrogens is 2. The van der Waals surface area contributed by atoms with Crippen molar-refractivity contribution in [2.24, 2.45) is 0 Å². The van der Waals surface area contributed by atoms with Crippen LogP contribution in [-0.2, 0) is 17.6 Å². The number of amides is 1. The molecule has 2 unspecified atom stereocenters. The molecule has 12 heteroatoms. The van der Waals surface area contributed by atoms with E-state index in [0.717, 1.165) is 22.6 Å². The number of benzene rings is 2. The second-order valence-corrected chi connectivity index (χ2v) is 11.9. The summed E-state index contributed by atoms with van der Waals surface area (Å²) in [5.74, 6) is 0.186. The standard InChI is InChI=1S/C26H28AsClF3N5O2/c1-32-24(37)19-5-3-4-6-21(19)34-23-20(28)14-33-25(35-23)27-18-8-7-16-9-11-36(12-10-17(16)13-18)15-22(38-2)26(29,30)31/h3-8,13-14,22,27H,9-12,15H2,1-2H3,(H,32,37)(H,33,34,35).